The fourth-order valence-corrected chi connectivity index (χ4v) is 2.76. The van der Waals surface area contributed by atoms with Gasteiger partial charge in [-0.2, -0.15) is 0 Å². The molecular weight excluding hydrogens is 278 g/mol. The Morgan fingerprint density at radius 1 is 1.23 bits per heavy atom. The SMILES string of the molecule is O=C(NC[C@H]1CCCN(c2ccncc2)C1)c1cnccn1. The van der Waals surface area contributed by atoms with E-state index in [2.05, 4.69) is 25.2 Å². The molecule has 0 aromatic carbocycles. The van der Waals surface area contributed by atoms with Crippen molar-refractivity contribution in [3.63, 3.8) is 0 Å². The molecule has 1 N–H and O–H groups in total. The van der Waals surface area contributed by atoms with Crippen molar-refractivity contribution in [3.8, 4) is 0 Å². The van der Waals surface area contributed by atoms with E-state index < -0.39 is 0 Å². The van der Waals surface area contributed by atoms with Gasteiger partial charge in [-0.05, 0) is 30.9 Å². The smallest absolute Gasteiger partial charge is 0.271 e. The lowest BCUT2D eigenvalue weighted by atomic mass is 9.97. The van der Waals surface area contributed by atoms with Crippen LogP contribution in [0, 0.1) is 5.92 Å². The van der Waals surface area contributed by atoms with E-state index in [0.29, 0.717) is 18.2 Å². The molecule has 6 nitrogen and oxygen atoms in total. The van der Waals surface area contributed by atoms with Gasteiger partial charge in [-0.3, -0.25) is 14.8 Å². The standard InChI is InChI=1S/C16H19N5O/c22-16(15-11-18-7-8-19-15)20-10-13-2-1-9-21(12-13)14-3-5-17-6-4-14/h3-8,11,13H,1-2,9-10,12H2,(H,20,22)/t13-/m1/s1. The first-order valence-corrected chi connectivity index (χ1v) is 7.52. The second-order valence-electron chi connectivity index (χ2n) is 5.46. The lowest BCUT2D eigenvalue weighted by molar-refractivity contribution is 0.0940. The number of pyridine rings is 1. The highest BCUT2D eigenvalue weighted by atomic mass is 16.1. The quantitative estimate of drug-likeness (QED) is 0.926. The third-order valence-electron chi connectivity index (χ3n) is 3.89. The second kappa shape index (κ2) is 6.98. The molecular formula is C16H19N5O. The van der Waals surface area contributed by atoms with Gasteiger partial charge in [-0.1, -0.05) is 0 Å². The average Bonchev–Trinajstić information content (AvgIpc) is 2.61. The van der Waals surface area contributed by atoms with E-state index in [1.54, 1.807) is 6.20 Å². The van der Waals surface area contributed by atoms with E-state index in [1.165, 1.54) is 18.1 Å². The van der Waals surface area contributed by atoms with Crippen LogP contribution in [-0.4, -0.2) is 40.5 Å². The average molecular weight is 297 g/mol. The third kappa shape index (κ3) is 3.58. The van der Waals surface area contributed by atoms with Crippen LogP contribution in [-0.2, 0) is 0 Å². The molecule has 2 aromatic heterocycles. The number of hydrogen-bond acceptors (Lipinski definition) is 5. The van der Waals surface area contributed by atoms with Gasteiger partial charge >= 0.3 is 0 Å². The maximum absolute atomic E-state index is 12.0. The van der Waals surface area contributed by atoms with Crippen LogP contribution in [0.15, 0.2) is 43.1 Å². The van der Waals surface area contributed by atoms with Gasteiger partial charge in [0.2, 0.25) is 0 Å². The zero-order valence-electron chi connectivity index (χ0n) is 12.4. The molecule has 1 amide bonds. The molecule has 0 saturated carbocycles. The maximum Gasteiger partial charge on any atom is 0.271 e. The van der Waals surface area contributed by atoms with Crippen molar-refractivity contribution in [1.29, 1.82) is 0 Å². The fraction of sp³-hybridized carbons (Fsp3) is 0.375. The highest BCUT2D eigenvalue weighted by molar-refractivity contribution is 5.91. The van der Waals surface area contributed by atoms with Gasteiger partial charge in [0, 0.05) is 50.1 Å². The van der Waals surface area contributed by atoms with Crippen molar-refractivity contribution in [3.05, 3.63) is 48.8 Å². The van der Waals surface area contributed by atoms with E-state index in [4.69, 9.17) is 0 Å². The number of nitrogens with zero attached hydrogens (tertiary/aromatic N) is 4. The minimum Gasteiger partial charge on any atom is -0.371 e. The maximum atomic E-state index is 12.0. The van der Waals surface area contributed by atoms with E-state index in [0.717, 1.165) is 25.9 Å². The molecule has 0 spiro atoms. The van der Waals surface area contributed by atoms with Crippen LogP contribution < -0.4 is 10.2 Å². The van der Waals surface area contributed by atoms with Crippen LogP contribution >= 0.6 is 0 Å². The fourth-order valence-electron chi connectivity index (χ4n) is 2.76. The molecule has 0 bridgehead atoms. The number of anilines is 1. The van der Waals surface area contributed by atoms with Gasteiger partial charge in [0.05, 0.1) is 6.20 Å². The Hall–Kier alpha value is -2.50. The number of piperidine rings is 1. The Bertz CT molecular complexity index is 604. The summed E-state index contributed by atoms with van der Waals surface area (Å²) in [6.45, 7) is 2.67. The molecule has 6 heteroatoms. The second-order valence-corrected chi connectivity index (χ2v) is 5.46. The summed E-state index contributed by atoms with van der Waals surface area (Å²) in [5.41, 5.74) is 1.56. The molecule has 1 aliphatic rings. The Kier molecular flexibility index (Phi) is 4.58. The van der Waals surface area contributed by atoms with Gasteiger partial charge in [0.1, 0.15) is 5.69 Å². The highest BCUT2D eigenvalue weighted by Gasteiger charge is 2.21. The Morgan fingerprint density at radius 2 is 2.09 bits per heavy atom. The Balaban J connectivity index is 1.54. The largest absolute Gasteiger partial charge is 0.371 e. The number of rotatable bonds is 4. The van der Waals surface area contributed by atoms with E-state index >= 15 is 0 Å². The van der Waals surface area contributed by atoms with Crippen LogP contribution in [0.3, 0.4) is 0 Å². The lowest BCUT2D eigenvalue weighted by Crippen LogP contribution is -2.41. The molecule has 0 unspecified atom stereocenters. The molecule has 1 fully saturated rings. The monoisotopic (exact) mass is 297 g/mol. The highest BCUT2D eigenvalue weighted by Crippen LogP contribution is 2.22. The third-order valence-corrected chi connectivity index (χ3v) is 3.89. The summed E-state index contributed by atoms with van der Waals surface area (Å²) < 4.78 is 0. The number of carbonyl (C=O) groups is 1. The number of carbonyl (C=O) groups excluding carboxylic acids is 1. The minimum atomic E-state index is -0.158. The molecule has 3 heterocycles. The van der Waals surface area contributed by atoms with Gasteiger partial charge in [-0.15, -0.1) is 0 Å². The number of aromatic nitrogens is 3. The Labute approximate surface area is 129 Å². The summed E-state index contributed by atoms with van der Waals surface area (Å²) in [5.74, 6) is 0.289. The lowest BCUT2D eigenvalue weighted by Gasteiger charge is -2.34. The van der Waals surface area contributed by atoms with Gasteiger partial charge < -0.3 is 10.2 Å². The summed E-state index contributed by atoms with van der Waals surface area (Å²) in [7, 11) is 0. The molecule has 2 aromatic rings. The summed E-state index contributed by atoms with van der Waals surface area (Å²) in [5, 5.41) is 2.96. The van der Waals surface area contributed by atoms with Crippen LogP contribution in [0.25, 0.3) is 0 Å². The molecule has 22 heavy (non-hydrogen) atoms. The van der Waals surface area contributed by atoms with Gasteiger partial charge in [0.25, 0.3) is 5.91 Å². The zero-order chi connectivity index (χ0) is 15.2. The van der Waals surface area contributed by atoms with E-state index in [1.807, 2.05) is 24.5 Å². The van der Waals surface area contributed by atoms with Crippen molar-refractivity contribution in [2.24, 2.45) is 5.92 Å². The van der Waals surface area contributed by atoms with Gasteiger partial charge in [-0.25, -0.2) is 4.98 Å². The Morgan fingerprint density at radius 3 is 2.86 bits per heavy atom. The molecule has 1 aliphatic heterocycles. The van der Waals surface area contributed by atoms with Crippen molar-refractivity contribution in [2.45, 2.75) is 12.8 Å². The van der Waals surface area contributed by atoms with Crippen molar-refractivity contribution < 1.29 is 4.79 Å². The van der Waals surface area contributed by atoms with Crippen molar-refractivity contribution in [2.75, 3.05) is 24.5 Å². The molecule has 3 rings (SSSR count). The van der Waals surface area contributed by atoms with Crippen LogP contribution in [0.4, 0.5) is 5.69 Å². The normalized spacial score (nSPS) is 18.0. The summed E-state index contributed by atoms with van der Waals surface area (Å²) >= 11 is 0. The molecule has 1 atom stereocenters. The number of nitrogens with one attached hydrogen (secondary N) is 1. The molecule has 0 radical (unpaired) electrons. The first-order valence-electron chi connectivity index (χ1n) is 7.52. The topological polar surface area (TPSA) is 71.0 Å². The minimum absolute atomic E-state index is 0.158. The summed E-state index contributed by atoms with van der Waals surface area (Å²) in [4.78, 5) is 26.3. The predicted octanol–water partition coefficient (Wildman–Crippen LogP) is 1.52. The summed E-state index contributed by atoms with van der Waals surface area (Å²) in [6, 6.07) is 4.06. The molecule has 0 aliphatic carbocycles. The van der Waals surface area contributed by atoms with E-state index in [9.17, 15) is 4.79 Å². The van der Waals surface area contributed by atoms with Crippen LogP contribution in [0.1, 0.15) is 23.3 Å². The molecule has 1 saturated heterocycles. The van der Waals surface area contributed by atoms with Gasteiger partial charge in [0.15, 0.2) is 0 Å². The van der Waals surface area contributed by atoms with E-state index in [-0.39, 0.29) is 5.91 Å². The van der Waals surface area contributed by atoms with Crippen molar-refractivity contribution in [1.82, 2.24) is 20.3 Å². The van der Waals surface area contributed by atoms with Crippen LogP contribution in [0.5, 0.6) is 0 Å². The first-order chi connectivity index (χ1) is 10.8. The number of amides is 1. The first kappa shape index (κ1) is 14.4. The van der Waals surface area contributed by atoms with Crippen molar-refractivity contribution >= 4 is 11.6 Å². The predicted molar refractivity (Wildman–Crippen MR) is 83.5 cm³/mol. The molecule has 114 valence electrons. The summed E-state index contributed by atoms with van der Waals surface area (Å²) in [6.07, 6.45) is 10.5. The number of hydrogen-bond donors (Lipinski definition) is 1. The zero-order valence-corrected chi connectivity index (χ0v) is 12.4. The van der Waals surface area contributed by atoms with Crippen LogP contribution in [0.2, 0.25) is 0 Å².